The van der Waals surface area contributed by atoms with Gasteiger partial charge in [0.05, 0.1) is 12.1 Å². The standard InChI is InChI=1S/C15H16N2O4S/c1-2-10-4-3-5-12(6-10)21-8-13(18)17-15-16-11(9-22-15)7-14(19)20/h3-6,9H,2,7-8H2,1H3,(H,19,20)(H,16,17,18). The van der Waals surface area contributed by atoms with Gasteiger partial charge < -0.3 is 9.84 Å². The molecule has 1 heterocycles. The van der Waals surface area contributed by atoms with Crippen LogP contribution in [-0.4, -0.2) is 28.6 Å². The second-order valence-electron chi connectivity index (χ2n) is 4.55. The first-order valence-electron chi connectivity index (χ1n) is 6.74. The number of aromatic nitrogens is 1. The smallest absolute Gasteiger partial charge is 0.309 e. The fraction of sp³-hybridized carbons (Fsp3) is 0.267. The number of carbonyl (C=O) groups excluding carboxylic acids is 1. The number of hydrogen-bond acceptors (Lipinski definition) is 5. The van der Waals surface area contributed by atoms with Crippen LogP contribution in [0.2, 0.25) is 0 Å². The maximum absolute atomic E-state index is 11.8. The van der Waals surface area contributed by atoms with Gasteiger partial charge in [-0.15, -0.1) is 11.3 Å². The molecule has 1 aromatic heterocycles. The number of aryl methyl sites for hydroxylation is 1. The molecule has 6 nitrogen and oxygen atoms in total. The first-order valence-corrected chi connectivity index (χ1v) is 7.62. The van der Waals surface area contributed by atoms with E-state index in [2.05, 4.69) is 10.3 Å². The molecular formula is C15H16N2O4S. The Labute approximate surface area is 131 Å². The average molecular weight is 320 g/mol. The maximum atomic E-state index is 11.8. The van der Waals surface area contributed by atoms with Crippen molar-refractivity contribution in [3.05, 3.63) is 40.9 Å². The summed E-state index contributed by atoms with van der Waals surface area (Å²) >= 11 is 1.19. The van der Waals surface area contributed by atoms with E-state index in [0.717, 1.165) is 12.0 Å². The van der Waals surface area contributed by atoms with Gasteiger partial charge in [0.2, 0.25) is 0 Å². The van der Waals surface area contributed by atoms with Crippen LogP contribution in [0, 0.1) is 0 Å². The molecule has 0 fully saturated rings. The van der Waals surface area contributed by atoms with Crippen molar-refractivity contribution in [2.75, 3.05) is 11.9 Å². The highest BCUT2D eigenvalue weighted by atomic mass is 32.1. The zero-order valence-corrected chi connectivity index (χ0v) is 12.9. The number of rotatable bonds is 7. The van der Waals surface area contributed by atoms with Gasteiger partial charge in [0.15, 0.2) is 11.7 Å². The molecule has 2 N–H and O–H groups in total. The lowest BCUT2D eigenvalue weighted by Gasteiger charge is -2.07. The Morgan fingerprint density at radius 2 is 2.23 bits per heavy atom. The van der Waals surface area contributed by atoms with Gasteiger partial charge in [-0.3, -0.25) is 14.9 Å². The molecule has 1 aromatic carbocycles. The largest absolute Gasteiger partial charge is 0.484 e. The third-order valence-corrected chi connectivity index (χ3v) is 3.61. The van der Waals surface area contributed by atoms with Crippen molar-refractivity contribution in [1.29, 1.82) is 0 Å². The molecule has 0 saturated carbocycles. The highest BCUT2D eigenvalue weighted by molar-refractivity contribution is 7.13. The lowest BCUT2D eigenvalue weighted by molar-refractivity contribution is -0.136. The first kappa shape index (κ1) is 16.0. The Morgan fingerprint density at radius 3 is 2.95 bits per heavy atom. The van der Waals surface area contributed by atoms with Gasteiger partial charge in [0.25, 0.3) is 5.91 Å². The van der Waals surface area contributed by atoms with E-state index in [0.29, 0.717) is 16.6 Å². The predicted octanol–water partition coefficient (Wildman–Crippen LogP) is 2.35. The fourth-order valence-electron chi connectivity index (χ4n) is 1.76. The van der Waals surface area contributed by atoms with Gasteiger partial charge in [-0.1, -0.05) is 19.1 Å². The molecule has 2 rings (SSSR count). The number of nitrogens with zero attached hydrogens (tertiary/aromatic N) is 1. The third kappa shape index (κ3) is 4.85. The van der Waals surface area contributed by atoms with Crippen molar-refractivity contribution in [2.45, 2.75) is 19.8 Å². The summed E-state index contributed by atoms with van der Waals surface area (Å²) < 4.78 is 5.42. The van der Waals surface area contributed by atoms with Crippen LogP contribution in [0.25, 0.3) is 0 Å². The van der Waals surface area contributed by atoms with E-state index in [-0.39, 0.29) is 18.9 Å². The number of amides is 1. The topological polar surface area (TPSA) is 88.5 Å². The van der Waals surface area contributed by atoms with Crippen molar-refractivity contribution in [1.82, 2.24) is 4.98 Å². The number of carbonyl (C=O) groups is 2. The van der Waals surface area contributed by atoms with Crippen LogP contribution in [0.4, 0.5) is 5.13 Å². The van der Waals surface area contributed by atoms with E-state index < -0.39 is 5.97 Å². The van der Waals surface area contributed by atoms with Gasteiger partial charge in [-0.05, 0) is 24.1 Å². The number of carboxylic acids is 1. The molecule has 0 radical (unpaired) electrons. The Bertz CT molecular complexity index is 669. The fourth-order valence-corrected chi connectivity index (χ4v) is 2.49. The van der Waals surface area contributed by atoms with Crippen LogP contribution in [-0.2, 0) is 22.4 Å². The molecule has 0 unspecified atom stereocenters. The van der Waals surface area contributed by atoms with E-state index in [1.165, 1.54) is 11.3 Å². The molecule has 0 spiro atoms. The molecule has 0 aliphatic rings. The Hall–Kier alpha value is -2.41. The summed E-state index contributed by atoms with van der Waals surface area (Å²) in [5.41, 5.74) is 1.56. The lowest BCUT2D eigenvalue weighted by atomic mass is 10.2. The number of carboxylic acid groups (broad SMARTS) is 1. The number of thiazole rings is 1. The van der Waals surface area contributed by atoms with E-state index in [4.69, 9.17) is 9.84 Å². The van der Waals surface area contributed by atoms with Crippen molar-refractivity contribution in [3.63, 3.8) is 0 Å². The van der Waals surface area contributed by atoms with Gasteiger partial charge in [0.1, 0.15) is 5.75 Å². The average Bonchev–Trinajstić information content (AvgIpc) is 2.91. The molecule has 0 aliphatic carbocycles. The summed E-state index contributed by atoms with van der Waals surface area (Å²) in [6.07, 6.45) is 0.738. The first-order chi connectivity index (χ1) is 10.6. The second kappa shape index (κ2) is 7.56. The summed E-state index contributed by atoms with van der Waals surface area (Å²) in [6.45, 7) is 1.92. The second-order valence-corrected chi connectivity index (χ2v) is 5.41. The minimum Gasteiger partial charge on any atom is -0.484 e. The van der Waals surface area contributed by atoms with Crippen molar-refractivity contribution >= 4 is 28.3 Å². The SMILES string of the molecule is CCc1cccc(OCC(=O)Nc2nc(CC(=O)O)cs2)c1. The maximum Gasteiger partial charge on any atom is 0.309 e. The monoisotopic (exact) mass is 320 g/mol. The quantitative estimate of drug-likeness (QED) is 0.817. The van der Waals surface area contributed by atoms with Gasteiger partial charge in [-0.25, -0.2) is 4.98 Å². The molecule has 1 amide bonds. The third-order valence-electron chi connectivity index (χ3n) is 2.81. The summed E-state index contributed by atoms with van der Waals surface area (Å²) in [6, 6.07) is 7.56. The molecule has 0 saturated heterocycles. The van der Waals surface area contributed by atoms with E-state index in [1.807, 2.05) is 25.1 Å². The van der Waals surface area contributed by atoms with Crippen molar-refractivity contribution < 1.29 is 19.4 Å². The number of aliphatic carboxylic acids is 1. The van der Waals surface area contributed by atoms with Crippen molar-refractivity contribution in [3.8, 4) is 5.75 Å². The van der Waals surface area contributed by atoms with Crippen LogP contribution in [0.15, 0.2) is 29.6 Å². The number of nitrogens with one attached hydrogen (secondary N) is 1. The van der Waals surface area contributed by atoms with Crippen LogP contribution in [0.5, 0.6) is 5.75 Å². The number of hydrogen-bond donors (Lipinski definition) is 2. The molecule has 22 heavy (non-hydrogen) atoms. The molecule has 0 atom stereocenters. The summed E-state index contributed by atoms with van der Waals surface area (Å²) in [4.78, 5) is 26.4. The highest BCUT2D eigenvalue weighted by Crippen LogP contribution is 2.16. The lowest BCUT2D eigenvalue weighted by Crippen LogP contribution is -2.20. The Kier molecular flexibility index (Phi) is 5.48. The molecule has 2 aromatic rings. The van der Waals surface area contributed by atoms with E-state index in [9.17, 15) is 9.59 Å². The van der Waals surface area contributed by atoms with Crippen LogP contribution >= 0.6 is 11.3 Å². The number of benzene rings is 1. The summed E-state index contributed by atoms with van der Waals surface area (Å²) in [5.74, 6) is -0.652. The molecular weight excluding hydrogens is 304 g/mol. The highest BCUT2D eigenvalue weighted by Gasteiger charge is 2.09. The van der Waals surface area contributed by atoms with Gasteiger partial charge >= 0.3 is 5.97 Å². The van der Waals surface area contributed by atoms with Crippen molar-refractivity contribution in [2.24, 2.45) is 0 Å². The number of ether oxygens (including phenoxy) is 1. The Morgan fingerprint density at radius 1 is 1.41 bits per heavy atom. The minimum absolute atomic E-state index is 0.124. The van der Waals surface area contributed by atoms with E-state index >= 15 is 0 Å². The van der Waals surface area contributed by atoms with Crippen LogP contribution < -0.4 is 10.1 Å². The Balaban J connectivity index is 1.84. The van der Waals surface area contributed by atoms with Gasteiger partial charge in [-0.2, -0.15) is 0 Å². The normalized spacial score (nSPS) is 10.2. The predicted molar refractivity (Wildman–Crippen MR) is 83.4 cm³/mol. The summed E-state index contributed by atoms with van der Waals surface area (Å²) in [7, 11) is 0. The number of anilines is 1. The minimum atomic E-state index is -0.956. The van der Waals surface area contributed by atoms with Gasteiger partial charge in [0, 0.05) is 5.38 Å². The molecule has 0 bridgehead atoms. The molecule has 7 heteroatoms. The zero-order valence-electron chi connectivity index (χ0n) is 12.0. The zero-order chi connectivity index (χ0) is 15.9. The van der Waals surface area contributed by atoms with E-state index in [1.54, 1.807) is 11.4 Å². The van der Waals surface area contributed by atoms with Crippen LogP contribution in [0.3, 0.4) is 0 Å². The molecule has 0 aliphatic heterocycles. The molecule has 116 valence electrons. The van der Waals surface area contributed by atoms with Crippen LogP contribution in [0.1, 0.15) is 18.2 Å². The summed E-state index contributed by atoms with van der Waals surface area (Å²) in [5, 5.41) is 13.2.